The van der Waals surface area contributed by atoms with E-state index in [1.807, 2.05) is 18.0 Å². The van der Waals surface area contributed by atoms with Crippen molar-refractivity contribution in [3.05, 3.63) is 29.6 Å². The predicted molar refractivity (Wildman–Crippen MR) is 350 cm³/mol. The van der Waals surface area contributed by atoms with Gasteiger partial charge in [-0.3, -0.25) is 15.1 Å². The summed E-state index contributed by atoms with van der Waals surface area (Å²) in [5, 5.41) is 19.9. The smallest absolute Gasteiger partial charge is 0.223 e. The van der Waals surface area contributed by atoms with Crippen LogP contribution in [0, 0.1) is 59.2 Å². The number of carbonyl (C=O) groups is 1. The highest BCUT2D eigenvalue weighted by Gasteiger charge is 2.25. The molecule has 1 aromatic rings. The lowest BCUT2D eigenvalue weighted by atomic mass is 9.80. The third kappa shape index (κ3) is 33.9. The Morgan fingerprint density at radius 3 is 1.51 bits per heavy atom. The molecule has 476 valence electrons. The topological polar surface area (TPSA) is 133 Å². The molecule has 8 atom stereocenters. The van der Waals surface area contributed by atoms with Gasteiger partial charge in [0.25, 0.3) is 0 Å². The largest absolute Gasteiger partial charge is 0.379 e. The van der Waals surface area contributed by atoms with Crippen LogP contribution in [0.5, 0.6) is 0 Å². The van der Waals surface area contributed by atoms with Crippen LogP contribution in [0.4, 0.5) is 0 Å². The van der Waals surface area contributed by atoms with Crippen molar-refractivity contribution in [3.8, 4) is 0 Å². The Balaban J connectivity index is 0.000000313. The summed E-state index contributed by atoms with van der Waals surface area (Å²) >= 11 is 2.00. The zero-order valence-electron chi connectivity index (χ0n) is 56.1. The summed E-state index contributed by atoms with van der Waals surface area (Å²) in [4.78, 5) is 18.1. The van der Waals surface area contributed by atoms with Gasteiger partial charge < -0.3 is 45.7 Å². The van der Waals surface area contributed by atoms with Gasteiger partial charge >= 0.3 is 0 Å². The number of morpholine rings is 1. The van der Waals surface area contributed by atoms with Crippen LogP contribution in [-0.4, -0.2) is 142 Å². The van der Waals surface area contributed by atoms with Crippen LogP contribution < -0.4 is 31.9 Å². The van der Waals surface area contributed by atoms with E-state index in [-0.39, 0.29) is 11.8 Å². The van der Waals surface area contributed by atoms with E-state index in [0.717, 1.165) is 125 Å². The minimum absolute atomic E-state index is 0.251. The van der Waals surface area contributed by atoms with Crippen molar-refractivity contribution in [3.63, 3.8) is 0 Å². The molecule has 1 aliphatic carbocycles. The van der Waals surface area contributed by atoms with E-state index in [1.54, 1.807) is 0 Å². The van der Waals surface area contributed by atoms with Crippen LogP contribution in [0.15, 0.2) is 18.3 Å². The number of ether oxygens (including phenoxy) is 3. The molecule has 0 spiro atoms. The first-order chi connectivity index (χ1) is 38.6. The molecule has 13 heteroatoms. The number of hydrogen-bond donors (Lipinski definition) is 6. The number of carbonyl (C=O) groups excluding carboxylic acids is 1. The Kier molecular flexibility index (Phi) is 42.0. The Labute approximate surface area is 505 Å². The van der Waals surface area contributed by atoms with Crippen molar-refractivity contribution < 1.29 is 19.0 Å². The maximum absolute atomic E-state index is 11.1. The van der Waals surface area contributed by atoms with Crippen molar-refractivity contribution in [1.82, 2.24) is 41.8 Å². The summed E-state index contributed by atoms with van der Waals surface area (Å²) < 4.78 is 15.8. The molecule has 0 radical (unpaired) electrons. The van der Waals surface area contributed by atoms with Gasteiger partial charge in [-0.2, -0.15) is 0 Å². The van der Waals surface area contributed by atoms with Crippen LogP contribution in [0.1, 0.15) is 213 Å². The molecule has 6 N–H and O–H groups in total. The van der Waals surface area contributed by atoms with Gasteiger partial charge in [0.05, 0.1) is 32.7 Å². The van der Waals surface area contributed by atoms with Crippen molar-refractivity contribution in [2.45, 2.75) is 257 Å². The maximum atomic E-state index is 11.1. The van der Waals surface area contributed by atoms with Gasteiger partial charge in [0.1, 0.15) is 0 Å². The highest BCUT2D eigenvalue weighted by molar-refractivity contribution is 7.99. The standard InChI is InChI=1S/C12H17N.C8H15NO.C8H17N.C7H15NO.2C7H15N.C7H14O.C6H13NO.C6H13NS/c1-9(2)10-5-6-12-11(8-10)4-3-7-13-12;1-6(2)7-4-3-5-9-8(7)10;1-7(2)8-5-3-4-6-9-8;1-6(2)7-5-9-4-3-8-7;1-7(2)8-5-3-4-6-8;2*1-6(2)7-4-3-5-8-7;2*1-5(2)6-3-8-4-7-6/h3-4,7,9-10H,5-6,8H2,1-2H3;6-7H,3-5H2,1-2H3,(H,9,10);7-9H,3-6H2,1-2H3;6-8H,3-5H2,1-2H3;7H,3-6H2,1-2H3;6-8H,3-5H2,1-2H3;6-7H,3-5H2,1-2H3;2*5-7H,3-4H2,1-2H3. The summed E-state index contributed by atoms with van der Waals surface area (Å²) in [6.07, 6.45) is 20.8. The number of aryl methyl sites for hydroxylation is 1. The van der Waals surface area contributed by atoms with Crippen molar-refractivity contribution in [1.29, 1.82) is 0 Å². The second-order valence-electron chi connectivity index (χ2n) is 27.5. The molecule has 8 aliphatic heterocycles. The number of piperidine rings is 2. The maximum Gasteiger partial charge on any atom is 0.223 e. The van der Waals surface area contributed by atoms with Crippen molar-refractivity contribution in [2.75, 3.05) is 84.1 Å². The highest BCUT2D eigenvalue weighted by Crippen LogP contribution is 2.29. The average Bonchev–Trinajstić information content (AvgIpc) is 4.33. The minimum Gasteiger partial charge on any atom is -0.379 e. The normalized spacial score (nSPS) is 27.2. The van der Waals surface area contributed by atoms with Crippen LogP contribution in [-0.2, 0) is 31.8 Å². The first-order valence-electron chi connectivity index (χ1n) is 33.6. The fourth-order valence-electron chi connectivity index (χ4n) is 11.4. The van der Waals surface area contributed by atoms with E-state index in [4.69, 9.17) is 14.2 Å². The average molecular weight is 1160 g/mol. The highest BCUT2D eigenvalue weighted by atomic mass is 32.2. The van der Waals surface area contributed by atoms with Gasteiger partial charge in [-0.25, -0.2) is 0 Å². The monoisotopic (exact) mass is 1160 g/mol. The molecule has 10 rings (SSSR count). The summed E-state index contributed by atoms with van der Waals surface area (Å²) in [5.41, 5.74) is 2.81. The first kappa shape index (κ1) is 75.7. The van der Waals surface area contributed by atoms with E-state index >= 15 is 0 Å². The second kappa shape index (κ2) is 45.0. The zero-order valence-corrected chi connectivity index (χ0v) is 56.9. The lowest BCUT2D eigenvalue weighted by Gasteiger charge is -2.26. The number of rotatable bonds is 9. The van der Waals surface area contributed by atoms with E-state index in [0.29, 0.717) is 35.9 Å². The number of aromatic nitrogens is 1. The van der Waals surface area contributed by atoms with E-state index in [2.05, 4.69) is 179 Å². The van der Waals surface area contributed by atoms with Crippen LogP contribution in [0.25, 0.3) is 0 Å². The van der Waals surface area contributed by atoms with Crippen LogP contribution in [0.3, 0.4) is 0 Å². The molecule has 12 nitrogen and oxygen atoms in total. The Hall–Kier alpha value is -1.39. The SMILES string of the molecule is CC(C)C1CCCCN1.CC(C)C1CCCN1.CC(C)C1CCCNC1=O.CC(C)C1CCCO1.CC(C)C1CCc2ncccc2C1.CC(C)C1COCCN1.CC(C)C1COCN1.CC(C)C1CSCN1.CC(C)N1CCCC1. The first-order valence-corrected chi connectivity index (χ1v) is 34.7. The number of nitrogens with one attached hydrogen (secondary N) is 6. The Morgan fingerprint density at radius 1 is 0.543 bits per heavy atom. The molecular formula is C68H134N8O4S. The van der Waals surface area contributed by atoms with E-state index < -0.39 is 0 Å². The lowest BCUT2D eigenvalue weighted by molar-refractivity contribution is -0.128. The Morgan fingerprint density at radius 2 is 1.14 bits per heavy atom. The summed E-state index contributed by atoms with van der Waals surface area (Å²) in [7, 11) is 0. The number of pyridine rings is 1. The van der Waals surface area contributed by atoms with Gasteiger partial charge in [-0.05, 0) is 188 Å². The number of hydrogen-bond acceptors (Lipinski definition) is 12. The number of likely N-dealkylation sites (tertiary alicyclic amines) is 1. The summed E-state index contributed by atoms with van der Waals surface area (Å²) in [5.74, 6) is 9.76. The van der Waals surface area contributed by atoms with Crippen LogP contribution >= 0.6 is 11.8 Å². The molecule has 8 fully saturated rings. The minimum atomic E-state index is 0.251. The quantitative estimate of drug-likeness (QED) is 0.141. The third-order valence-electron chi connectivity index (χ3n) is 17.8. The molecule has 9 heterocycles. The van der Waals surface area contributed by atoms with Gasteiger partial charge in [0.15, 0.2) is 0 Å². The molecule has 0 bridgehead atoms. The fraction of sp³-hybridized carbons (Fsp3) is 0.912. The van der Waals surface area contributed by atoms with Crippen LogP contribution in [0.2, 0.25) is 0 Å². The van der Waals surface area contributed by atoms with Gasteiger partial charge in [-0.15, -0.1) is 11.8 Å². The van der Waals surface area contributed by atoms with Gasteiger partial charge in [0.2, 0.25) is 5.91 Å². The molecule has 81 heavy (non-hydrogen) atoms. The fourth-order valence-corrected chi connectivity index (χ4v) is 12.6. The van der Waals surface area contributed by atoms with Crippen molar-refractivity contribution >= 4 is 17.7 Å². The molecule has 8 saturated heterocycles. The molecule has 1 aromatic heterocycles. The molecule has 0 aromatic carbocycles. The molecular weight excluding hydrogens is 1020 g/mol. The Bertz CT molecular complexity index is 1490. The van der Waals surface area contributed by atoms with Gasteiger partial charge in [-0.1, -0.05) is 123 Å². The lowest BCUT2D eigenvalue weighted by Crippen LogP contribution is -2.44. The summed E-state index contributed by atoms with van der Waals surface area (Å²) in [6, 6.07) is 8.64. The molecule has 9 aliphatic rings. The second-order valence-corrected chi connectivity index (χ2v) is 28.6. The molecule has 8 unspecified atom stereocenters. The predicted octanol–water partition coefficient (Wildman–Crippen LogP) is 13.0. The van der Waals surface area contributed by atoms with Gasteiger partial charge in [0, 0.05) is 85.4 Å². The zero-order chi connectivity index (χ0) is 60.1. The summed E-state index contributed by atoms with van der Waals surface area (Å²) in [6.45, 7) is 51.8. The molecule has 1 amide bonds. The van der Waals surface area contributed by atoms with E-state index in [9.17, 15) is 4.79 Å². The molecule has 0 saturated carbocycles. The number of fused-ring (bicyclic) bond motifs is 1. The van der Waals surface area contributed by atoms with Crippen molar-refractivity contribution in [2.24, 2.45) is 59.2 Å². The third-order valence-corrected chi connectivity index (χ3v) is 18.7. The number of nitrogens with zero attached hydrogens (tertiary/aromatic N) is 2. The number of amides is 1. The van der Waals surface area contributed by atoms with E-state index in [1.165, 1.54) is 120 Å². The number of thioether (sulfide) groups is 1.